The lowest BCUT2D eigenvalue weighted by molar-refractivity contribution is -0.107. The molecule has 2 unspecified atom stereocenters. The Labute approximate surface area is 209 Å². The third-order valence-electron chi connectivity index (χ3n) is 8.01. The van der Waals surface area contributed by atoms with Crippen LogP contribution in [0.5, 0.6) is 5.75 Å². The molecule has 0 aromatic heterocycles. The monoisotopic (exact) mass is 481 g/mol. The molecule has 2 atom stereocenters. The van der Waals surface area contributed by atoms with Crippen LogP contribution in [-0.2, 0) is 16.0 Å². The molecular formula is C28H39N3O4. The fourth-order valence-corrected chi connectivity index (χ4v) is 5.06. The van der Waals surface area contributed by atoms with Crippen LogP contribution in [0.2, 0.25) is 0 Å². The van der Waals surface area contributed by atoms with Gasteiger partial charge >= 0.3 is 6.09 Å². The average Bonchev–Trinajstić information content (AvgIpc) is 3.77. The number of likely N-dealkylation sites (tertiary alicyclic amines) is 2. The first-order valence-corrected chi connectivity index (χ1v) is 13.2. The van der Waals surface area contributed by atoms with Gasteiger partial charge in [-0.1, -0.05) is 6.07 Å². The molecule has 190 valence electrons. The molecule has 5 rings (SSSR count). The topological polar surface area (TPSA) is 82.9 Å². The zero-order chi connectivity index (χ0) is 24.8. The van der Waals surface area contributed by atoms with Crippen LogP contribution >= 0.6 is 0 Å². The Kier molecular flexibility index (Phi) is 8.33. The minimum Gasteiger partial charge on any atom is -0.494 e. The summed E-state index contributed by atoms with van der Waals surface area (Å²) in [5.74, 6) is 2.83. The lowest BCUT2D eigenvalue weighted by Crippen LogP contribution is -2.40. The largest absolute Gasteiger partial charge is 0.494 e. The number of aldehydes is 1. The number of hydrogen-bond acceptors (Lipinski definition) is 6. The molecule has 0 spiro atoms. The van der Waals surface area contributed by atoms with Gasteiger partial charge in [-0.25, -0.2) is 4.79 Å². The maximum atomic E-state index is 12.2. The molecule has 2 heterocycles. The number of piperidine rings is 1. The van der Waals surface area contributed by atoms with Crippen molar-refractivity contribution >= 4 is 12.4 Å². The molecule has 1 amide bonds. The minimum atomic E-state index is -0.196. The van der Waals surface area contributed by atoms with E-state index >= 15 is 0 Å². The molecule has 35 heavy (non-hydrogen) atoms. The van der Waals surface area contributed by atoms with Crippen molar-refractivity contribution in [2.24, 2.45) is 17.8 Å². The first-order valence-electron chi connectivity index (χ1n) is 13.2. The van der Waals surface area contributed by atoms with Crippen LogP contribution in [0.4, 0.5) is 4.79 Å². The van der Waals surface area contributed by atoms with Gasteiger partial charge in [0, 0.05) is 19.5 Å². The SMILES string of the molecule is CC1(OC(=O)N2CCC(C3CC3CCOc3ccc(CC=O)c(C#N)c3)CC2)CC1.CN1CCC1. The molecule has 1 aromatic carbocycles. The van der Waals surface area contributed by atoms with Crippen molar-refractivity contribution in [3.8, 4) is 11.8 Å². The molecule has 2 aliphatic carbocycles. The lowest BCUT2D eigenvalue weighted by atomic mass is 9.91. The van der Waals surface area contributed by atoms with Gasteiger partial charge in [0.25, 0.3) is 0 Å². The number of benzene rings is 1. The predicted octanol–water partition coefficient (Wildman–Crippen LogP) is 4.43. The van der Waals surface area contributed by atoms with Crippen LogP contribution < -0.4 is 4.74 Å². The van der Waals surface area contributed by atoms with Gasteiger partial charge in [-0.05, 0) is 107 Å². The number of amides is 1. The Balaban J connectivity index is 0.000000514. The number of carbonyl (C=O) groups is 2. The van der Waals surface area contributed by atoms with Crippen molar-refractivity contribution in [3.63, 3.8) is 0 Å². The second kappa shape index (κ2) is 11.4. The van der Waals surface area contributed by atoms with Gasteiger partial charge < -0.3 is 24.1 Å². The van der Waals surface area contributed by atoms with Crippen LogP contribution in [0.1, 0.15) is 63.0 Å². The number of nitriles is 1. The highest BCUT2D eigenvalue weighted by Crippen LogP contribution is 2.50. The molecule has 7 nitrogen and oxygen atoms in total. The van der Waals surface area contributed by atoms with Crippen molar-refractivity contribution in [1.29, 1.82) is 5.26 Å². The molecular weight excluding hydrogens is 442 g/mol. The third kappa shape index (κ3) is 7.20. The Bertz CT molecular complexity index is 927. The fourth-order valence-electron chi connectivity index (χ4n) is 5.06. The molecule has 2 saturated carbocycles. The maximum absolute atomic E-state index is 12.2. The van der Waals surface area contributed by atoms with Crippen molar-refractivity contribution in [3.05, 3.63) is 29.3 Å². The Morgan fingerprint density at radius 1 is 1.23 bits per heavy atom. The first kappa shape index (κ1) is 25.5. The molecule has 7 heteroatoms. The summed E-state index contributed by atoms with van der Waals surface area (Å²) >= 11 is 0. The minimum absolute atomic E-state index is 0.134. The zero-order valence-electron chi connectivity index (χ0n) is 21.2. The normalized spacial score (nSPS) is 24.8. The number of carbonyl (C=O) groups excluding carboxylic acids is 2. The zero-order valence-corrected chi connectivity index (χ0v) is 21.2. The van der Waals surface area contributed by atoms with Crippen molar-refractivity contribution < 1.29 is 19.1 Å². The fraction of sp³-hybridized carbons (Fsp3) is 0.679. The second-order valence-corrected chi connectivity index (χ2v) is 10.9. The van der Waals surface area contributed by atoms with Gasteiger partial charge in [-0.2, -0.15) is 5.26 Å². The molecule has 0 radical (unpaired) electrons. The van der Waals surface area contributed by atoms with Gasteiger partial charge in [0.15, 0.2) is 0 Å². The van der Waals surface area contributed by atoms with E-state index in [-0.39, 0.29) is 18.1 Å². The van der Waals surface area contributed by atoms with E-state index in [9.17, 15) is 14.9 Å². The summed E-state index contributed by atoms with van der Waals surface area (Å²) in [4.78, 5) is 27.1. The molecule has 2 aliphatic heterocycles. The van der Waals surface area contributed by atoms with E-state index in [1.165, 1.54) is 25.9 Å². The van der Waals surface area contributed by atoms with Gasteiger partial charge in [0.2, 0.25) is 0 Å². The second-order valence-electron chi connectivity index (χ2n) is 10.9. The number of rotatable bonds is 8. The maximum Gasteiger partial charge on any atom is 0.410 e. The van der Waals surface area contributed by atoms with E-state index in [0.717, 1.165) is 63.0 Å². The van der Waals surface area contributed by atoms with Gasteiger partial charge in [-0.3, -0.25) is 0 Å². The third-order valence-corrected chi connectivity index (χ3v) is 8.01. The van der Waals surface area contributed by atoms with Crippen LogP contribution in [-0.4, -0.2) is 67.6 Å². The van der Waals surface area contributed by atoms with E-state index in [1.807, 2.05) is 17.9 Å². The highest BCUT2D eigenvalue weighted by atomic mass is 16.6. The summed E-state index contributed by atoms with van der Waals surface area (Å²) in [6, 6.07) is 7.49. The van der Waals surface area contributed by atoms with Gasteiger partial charge in [0.05, 0.1) is 18.2 Å². The van der Waals surface area contributed by atoms with E-state index in [1.54, 1.807) is 12.1 Å². The van der Waals surface area contributed by atoms with Gasteiger partial charge in [0.1, 0.15) is 17.6 Å². The van der Waals surface area contributed by atoms with E-state index < -0.39 is 0 Å². The van der Waals surface area contributed by atoms with Crippen LogP contribution in [0, 0.1) is 29.1 Å². The Hall–Kier alpha value is -2.59. The Morgan fingerprint density at radius 2 is 1.94 bits per heavy atom. The summed E-state index contributed by atoms with van der Waals surface area (Å²) in [6.45, 7) is 6.91. The Morgan fingerprint density at radius 3 is 2.51 bits per heavy atom. The standard InChI is InChI=1S/C24H30N2O4.C4H9N/c1-24(8-9-24)30-23(28)26-10-4-18(5-11-26)22-15-19(22)7-13-29-21-3-2-17(6-12-27)20(14-21)16-25;1-5-3-2-4-5/h2-3,12,14,18-19,22H,4-11,13,15H2,1H3;2-4H2,1H3. The number of nitrogens with zero attached hydrogens (tertiary/aromatic N) is 3. The van der Waals surface area contributed by atoms with Crippen molar-refractivity contribution in [1.82, 2.24) is 9.80 Å². The number of ether oxygens (including phenoxy) is 2. The van der Waals surface area contributed by atoms with Crippen molar-refractivity contribution in [2.45, 2.75) is 63.9 Å². The first-order chi connectivity index (χ1) is 16.9. The molecule has 4 fully saturated rings. The summed E-state index contributed by atoms with van der Waals surface area (Å²) in [6.07, 6.45) is 8.72. The van der Waals surface area contributed by atoms with Crippen molar-refractivity contribution in [2.75, 3.05) is 39.8 Å². The molecule has 0 bridgehead atoms. The summed E-state index contributed by atoms with van der Waals surface area (Å²) in [5.41, 5.74) is 1.05. The van der Waals surface area contributed by atoms with Crippen LogP contribution in [0.3, 0.4) is 0 Å². The van der Waals surface area contributed by atoms with Crippen LogP contribution in [0.15, 0.2) is 18.2 Å². The predicted molar refractivity (Wildman–Crippen MR) is 133 cm³/mol. The van der Waals surface area contributed by atoms with E-state index in [4.69, 9.17) is 9.47 Å². The summed E-state index contributed by atoms with van der Waals surface area (Å²) in [7, 11) is 2.14. The van der Waals surface area contributed by atoms with E-state index in [2.05, 4.69) is 18.0 Å². The lowest BCUT2D eigenvalue weighted by Gasteiger charge is -2.32. The highest BCUT2D eigenvalue weighted by Gasteiger charge is 2.45. The quantitative estimate of drug-likeness (QED) is 0.511. The molecule has 0 N–H and O–H groups in total. The molecule has 2 saturated heterocycles. The van der Waals surface area contributed by atoms with Crippen LogP contribution in [0.25, 0.3) is 0 Å². The molecule has 1 aromatic rings. The summed E-state index contributed by atoms with van der Waals surface area (Å²) in [5, 5.41) is 9.23. The molecule has 4 aliphatic rings. The summed E-state index contributed by atoms with van der Waals surface area (Å²) < 4.78 is 11.4. The van der Waals surface area contributed by atoms with Gasteiger partial charge in [-0.15, -0.1) is 0 Å². The highest BCUT2D eigenvalue weighted by molar-refractivity contribution is 5.68. The average molecular weight is 482 g/mol. The smallest absolute Gasteiger partial charge is 0.410 e. The van der Waals surface area contributed by atoms with E-state index in [0.29, 0.717) is 29.8 Å². The number of hydrogen-bond donors (Lipinski definition) is 0.